The lowest BCUT2D eigenvalue weighted by atomic mass is 10.2. The van der Waals surface area contributed by atoms with E-state index in [0.29, 0.717) is 31.0 Å². The van der Waals surface area contributed by atoms with Crippen molar-refractivity contribution in [3.63, 3.8) is 0 Å². The van der Waals surface area contributed by atoms with E-state index in [1.54, 1.807) is 0 Å². The van der Waals surface area contributed by atoms with Crippen LogP contribution in [-0.4, -0.2) is 41.6 Å². The number of aromatic nitrogens is 2. The van der Waals surface area contributed by atoms with Crippen molar-refractivity contribution in [1.29, 1.82) is 0 Å². The minimum Gasteiger partial charge on any atom is -0.445 e. The van der Waals surface area contributed by atoms with Crippen LogP contribution in [0.1, 0.15) is 48.7 Å². The van der Waals surface area contributed by atoms with Crippen molar-refractivity contribution in [2.24, 2.45) is 0 Å². The zero-order chi connectivity index (χ0) is 20.9. The van der Waals surface area contributed by atoms with E-state index in [2.05, 4.69) is 32.8 Å². The summed E-state index contributed by atoms with van der Waals surface area (Å²) in [4.78, 5) is 30.9. The van der Waals surface area contributed by atoms with Crippen molar-refractivity contribution in [3.8, 4) is 0 Å². The quantitative estimate of drug-likeness (QED) is 0.391. The molecule has 0 fully saturated rings. The zero-order valence-electron chi connectivity index (χ0n) is 16.6. The van der Waals surface area contributed by atoms with Crippen molar-refractivity contribution >= 4 is 29.4 Å². The number of carbonyl (C=O) groups excluding carboxylic acids is 2. The van der Waals surface area contributed by atoms with Gasteiger partial charge in [-0.1, -0.05) is 50.1 Å². The molecule has 2 aromatic rings. The highest BCUT2D eigenvalue weighted by Gasteiger charge is 2.16. The van der Waals surface area contributed by atoms with E-state index in [1.165, 1.54) is 0 Å². The van der Waals surface area contributed by atoms with Crippen LogP contribution in [0.5, 0.6) is 0 Å². The fourth-order valence-corrected chi connectivity index (χ4v) is 2.74. The van der Waals surface area contributed by atoms with Crippen LogP contribution in [0.3, 0.4) is 0 Å². The Bertz CT molecular complexity index is 767. The Hall–Kier alpha value is -2.74. The molecule has 0 aliphatic rings. The smallest absolute Gasteiger partial charge is 0.407 e. The fraction of sp³-hybridized carbons (Fsp3) is 0.450. The number of unbranched alkanes of at least 4 members (excludes halogenated alkanes) is 2. The number of H-pyrrole nitrogens is 1. The predicted molar refractivity (Wildman–Crippen MR) is 113 cm³/mol. The largest absolute Gasteiger partial charge is 0.445 e. The molecule has 4 N–H and O–H groups in total. The van der Waals surface area contributed by atoms with Gasteiger partial charge in [-0.3, -0.25) is 4.79 Å². The molecule has 158 valence electrons. The van der Waals surface area contributed by atoms with E-state index in [1.807, 2.05) is 30.3 Å². The number of amides is 2. The average molecular weight is 422 g/mol. The van der Waals surface area contributed by atoms with Crippen LogP contribution >= 0.6 is 11.6 Å². The Morgan fingerprint density at radius 3 is 2.59 bits per heavy atom. The van der Waals surface area contributed by atoms with Gasteiger partial charge in [0.05, 0.1) is 0 Å². The van der Waals surface area contributed by atoms with Gasteiger partial charge in [-0.05, 0) is 30.0 Å². The highest BCUT2D eigenvalue weighted by atomic mass is 35.5. The van der Waals surface area contributed by atoms with Crippen LogP contribution in [0.4, 0.5) is 10.6 Å². The minimum absolute atomic E-state index is 0.163. The second-order valence-electron chi connectivity index (χ2n) is 6.48. The second-order valence-corrected chi connectivity index (χ2v) is 6.84. The van der Waals surface area contributed by atoms with E-state index in [4.69, 9.17) is 16.3 Å². The SMILES string of the molecule is CCCCCNc1nc(Cl)[nH]c1C(=O)NCCCNC(=O)OCc1ccccc1. The van der Waals surface area contributed by atoms with Crippen molar-refractivity contribution in [2.75, 3.05) is 25.0 Å². The van der Waals surface area contributed by atoms with E-state index >= 15 is 0 Å². The molecule has 2 amide bonds. The molecule has 0 aliphatic heterocycles. The van der Waals surface area contributed by atoms with E-state index < -0.39 is 6.09 Å². The molecule has 1 heterocycles. The molecule has 1 aromatic heterocycles. The Kier molecular flexibility index (Phi) is 9.85. The maximum Gasteiger partial charge on any atom is 0.407 e. The molecule has 8 nitrogen and oxygen atoms in total. The molecule has 29 heavy (non-hydrogen) atoms. The molecule has 1 aromatic carbocycles. The number of hydrogen-bond acceptors (Lipinski definition) is 5. The van der Waals surface area contributed by atoms with Gasteiger partial charge in [-0.2, -0.15) is 0 Å². The Morgan fingerprint density at radius 1 is 1.07 bits per heavy atom. The first-order chi connectivity index (χ1) is 14.1. The summed E-state index contributed by atoms with van der Waals surface area (Å²) < 4.78 is 5.12. The molecule has 0 bridgehead atoms. The third kappa shape index (κ3) is 8.43. The number of aromatic amines is 1. The summed E-state index contributed by atoms with van der Waals surface area (Å²) in [6.45, 7) is 3.86. The van der Waals surface area contributed by atoms with E-state index in [-0.39, 0.29) is 17.8 Å². The number of hydrogen-bond donors (Lipinski definition) is 4. The average Bonchev–Trinajstić information content (AvgIpc) is 3.10. The van der Waals surface area contributed by atoms with Crippen molar-refractivity contribution in [3.05, 3.63) is 46.9 Å². The first-order valence-corrected chi connectivity index (χ1v) is 10.2. The molecule has 0 atom stereocenters. The molecule has 2 rings (SSSR count). The highest BCUT2D eigenvalue weighted by molar-refractivity contribution is 6.28. The van der Waals surface area contributed by atoms with Crippen LogP contribution < -0.4 is 16.0 Å². The highest BCUT2D eigenvalue weighted by Crippen LogP contribution is 2.16. The van der Waals surface area contributed by atoms with Crippen molar-refractivity contribution in [2.45, 2.75) is 39.2 Å². The zero-order valence-corrected chi connectivity index (χ0v) is 17.3. The van der Waals surface area contributed by atoms with Gasteiger partial charge >= 0.3 is 6.09 Å². The standard InChI is InChI=1S/C20H28ClN5O3/c1-2-3-7-11-22-17-16(25-19(21)26-17)18(27)23-12-8-13-24-20(28)29-14-15-9-5-4-6-10-15/h4-6,9-10,22H,2-3,7-8,11-14H2,1H3,(H,23,27)(H,24,28)(H,25,26). The Morgan fingerprint density at radius 2 is 1.83 bits per heavy atom. The summed E-state index contributed by atoms with van der Waals surface area (Å²) in [5.74, 6) is 0.153. The van der Waals surface area contributed by atoms with Crippen molar-refractivity contribution < 1.29 is 14.3 Å². The summed E-state index contributed by atoms with van der Waals surface area (Å²) in [6.07, 6.45) is 3.29. The van der Waals surface area contributed by atoms with Gasteiger partial charge in [0.1, 0.15) is 12.3 Å². The van der Waals surface area contributed by atoms with Gasteiger partial charge in [0.15, 0.2) is 5.82 Å². The van der Waals surface area contributed by atoms with Crippen LogP contribution in [0, 0.1) is 0 Å². The van der Waals surface area contributed by atoms with Crippen LogP contribution in [0.25, 0.3) is 0 Å². The number of benzene rings is 1. The minimum atomic E-state index is -0.487. The molecule has 0 spiro atoms. The topological polar surface area (TPSA) is 108 Å². The first kappa shape index (κ1) is 22.5. The third-order valence-corrected chi connectivity index (χ3v) is 4.27. The summed E-state index contributed by atoms with van der Waals surface area (Å²) in [5, 5.41) is 8.74. The number of rotatable bonds is 12. The number of nitrogens with zero attached hydrogens (tertiary/aromatic N) is 1. The first-order valence-electron chi connectivity index (χ1n) is 9.82. The lowest BCUT2D eigenvalue weighted by Crippen LogP contribution is -2.30. The Balaban J connectivity index is 1.63. The fourth-order valence-electron chi connectivity index (χ4n) is 2.56. The third-order valence-electron chi connectivity index (χ3n) is 4.10. The monoisotopic (exact) mass is 421 g/mol. The van der Waals surface area contributed by atoms with Gasteiger partial charge in [-0.15, -0.1) is 0 Å². The molecule has 0 aliphatic carbocycles. The van der Waals surface area contributed by atoms with E-state index in [0.717, 1.165) is 31.4 Å². The maximum absolute atomic E-state index is 12.3. The molecule has 0 saturated heterocycles. The molecular weight excluding hydrogens is 394 g/mol. The van der Waals surface area contributed by atoms with Gasteiger partial charge < -0.3 is 25.7 Å². The van der Waals surface area contributed by atoms with Crippen LogP contribution in [0.2, 0.25) is 5.28 Å². The predicted octanol–water partition coefficient (Wildman–Crippen LogP) is 3.71. The van der Waals surface area contributed by atoms with Gasteiger partial charge in [-0.25, -0.2) is 9.78 Å². The van der Waals surface area contributed by atoms with Crippen LogP contribution in [0.15, 0.2) is 30.3 Å². The summed E-state index contributed by atoms with van der Waals surface area (Å²) in [5.41, 5.74) is 1.23. The maximum atomic E-state index is 12.3. The van der Waals surface area contributed by atoms with Gasteiger partial charge in [0.2, 0.25) is 5.28 Å². The number of carbonyl (C=O) groups is 2. The lowest BCUT2D eigenvalue weighted by molar-refractivity contribution is 0.0949. The molecule has 0 radical (unpaired) electrons. The van der Waals surface area contributed by atoms with Gasteiger partial charge in [0.25, 0.3) is 5.91 Å². The molecule has 0 unspecified atom stereocenters. The number of halogens is 1. The van der Waals surface area contributed by atoms with Crippen molar-refractivity contribution in [1.82, 2.24) is 20.6 Å². The summed E-state index contributed by atoms with van der Waals surface area (Å²) >= 11 is 5.89. The normalized spacial score (nSPS) is 10.4. The summed E-state index contributed by atoms with van der Waals surface area (Å²) in [6, 6.07) is 9.45. The molecule has 9 heteroatoms. The lowest BCUT2D eigenvalue weighted by Gasteiger charge is -2.08. The number of imidazole rings is 1. The second kappa shape index (κ2) is 12.7. The molecule has 0 saturated carbocycles. The van der Waals surface area contributed by atoms with Crippen LogP contribution in [-0.2, 0) is 11.3 Å². The molecular formula is C20H28ClN5O3. The Labute approximate surface area is 175 Å². The summed E-state index contributed by atoms with van der Waals surface area (Å²) in [7, 11) is 0. The number of anilines is 1. The number of ether oxygens (including phenoxy) is 1. The van der Waals surface area contributed by atoms with Gasteiger partial charge in [0, 0.05) is 19.6 Å². The van der Waals surface area contributed by atoms with E-state index in [9.17, 15) is 9.59 Å². The number of nitrogens with one attached hydrogen (secondary N) is 4. The number of alkyl carbamates (subject to hydrolysis) is 1.